The maximum atomic E-state index is 12.5. The van der Waals surface area contributed by atoms with Crippen LogP contribution in [0.1, 0.15) is 24.2 Å². The summed E-state index contributed by atoms with van der Waals surface area (Å²) < 4.78 is 0. The number of pyridine rings is 2. The minimum Gasteiger partial charge on any atom is -0.297 e. The van der Waals surface area contributed by atoms with Crippen molar-refractivity contribution in [3.05, 3.63) is 54.0 Å². The molecule has 2 aromatic heterocycles. The number of rotatable bonds is 3. The van der Waals surface area contributed by atoms with Crippen LogP contribution in [0, 0.1) is 12.3 Å². The molecule has 1 spiro atoms. The maximum Gasteiger partial charge on any atom is 0.228 e. The Hall–Kier alpha value is -2.27. The fourth-order valence-electron chi connectivity index (χ4n) is 3.97. The molecule has 0 bridgehead atoms. The van der Waals surface area contributed by atoms with Gasteiger partial charge < -0.3 is 0 Å². The topological polar surface area (TPSA) is 49.3 Å². The van der Waals surface area contributed by atoms with E-state index in [4.69, 9.17) is 0 Å². The van der Waals surface area contributed by atoms with Crippen LogP contribution in [0.2, 0.25) is 0 Å². The summed E-state index contributed by atoms with van der Waals surface area (Å²) >= 11 is 0. The van der Waals surface area contributed by atoms with Gasteiger partial charge in [-0.2, -0.15) is 0 Å². The minimum atomic E-state index is 0.0679. The highest BCUT2D eigenvalue weighted by Crippen LogP contribution is 2.41. The molecule has 2 aliphatic heterocycles. The van der Waals surface area contributed by atoms with Crippen LogP contribution in [0.25, 0.3) is 0 Å². The lowest BCUT2D eigenvalue weighted by Crippen LogP contribution is -2.31. The van der Waals surface area contributed by atoms with Crippen molar-refractivity contribution in [1.82, 2.24) is 14.9 Å². The van der Waals surface area contributed by atoms with Crippen LogP contribution in [0.3, 0.4) is 0 Å². The number of aromatic nitrogens is 2. The van der Waals surface area contributed by atoms with E-state index in [2.05, 4.69) is 27.0 Å². The number of likely N-dealkylation sites (tertiary alicyclic amines) is 1. The minimum absolute atomic E-state index is 0.0679. The SMILES string of the molecule is Cc1cccc(CN2CC[C@]3(CC(=O)N(c4ccccn4)C3)C2)n1. The first kappa shape index (κ1) is 15.3. The molecule has 1 amide bonds. The average molecular weight is 322 g/mol. The normalized spacial score (nSPS) is 24.2. The van der Waals surface area contributed by atoms with Crippen molar-refractivity contribution in [1.29, 1.82) is 0 Å². The number of aryl methyl sites for hydroxylation is 1. The van der Waals surface area contributed by atoms with Gasteiger partial charge in [-0.3, -0.25) is 19.6 Å². The second kappa shape index (κ2) is 5.98. The van der Waals surface area contributed by atoms with Gasteiger partial charge in [0.15, 0.2) is 0 Å². The number of carbonyl (C=O) groups excluding carboxylic acids is 1. The van der Waals surface area contributed by atoms with E-state index in [-0.39, 0.29) is 11.3 Å². The standard InChI is InChI=1S/C19H22N4O/c1-15-5-4-6-16(21-15)12-22-10-8-19(13-22)11-18(24)23(14-19)17-7-2-3-9-20-17/h2-7,9H,8,10-14H2,1H3/t19-/m0/s1. The molecule has 0 aliphatic carbocycles. The van der Waals surface area contributed by atoms with Crippen LogP contribution in [0.15, 0.2) is 42.6 Å². The molecule has 5 nitrogen and oxygen atoms in total. The predicted octanol–water partition coefficient (Wildman–Crippen LogP) is 2.41. The molecule has 2 saturated heterocycles. The van der Waals surface area contributed by atoms with Crippen LogP contribution in [0.5, 0.6) is 0 Å². The third-order valence-electron chi connectivity index (χ3n) is 5.10. The van der Waals surface area contributed by atoms with E-state index in [1.807, 2.05) is 36.1 Å². The van der Waals surface area contributed by atoms with Crippen molar-refractivity contribution in [3.8, 4) is 0 Å². The molecule has 24 heavy (non-hydrogen) atoms. The van der Waals surface area contributed by atoms with Crippen LogP contribution in [-0.4, -0.2) is 40.4 Å². The summed E-state index contributed by atoms with van der Waals surface area (Å²) in [7, 11) is 0. The van der Waals surface area contributed by atoms with E-state index in [1.54, 1.807) is 6.20 Å². The zero-order valence-electron chi connectivity index (χ0n) is 14.0. The lowest BCUT2D eigenvalue weighted by atomic mass is 9.86. The number of nitrogens with zero attached hydrogens (tertiary/aromatic N) is 4. The third kappa shape index (κ3) is 2.91. The number of hydrogen-bond donors (Lipinski definition) is 0. The first-order valence-corrected chi connectivity index (χ1v) is 8.50. The van der Waals surface area contributed by atoms with Crippen LogP contribution in [-0.2, 0) is 11.3 Å². The first-order chi connectivity index (χ1) is 11.6. The highest BCUT2D eigenvalue weighted by atomic mass is 16.2. The highest BCUT2D eigenvalue weighted by Gasteiger charge is 2.48. The molecule has 2 aliphatic rings. The van der Waals surface area contributed by atoms with Crippen molar-refractivity contribution in [2.24, 2.45) is 5.41 Å². The van der Waals surface area contributed by atoms with Gasteiger partial charge in [-0.1, -0.05) is 12.1 Å². The Kier molecular flexibility index (Phi) is 3.81. The molecule has 0 aromatic carbocycles. The summed E-state index contributed by atoms with van der Waals surface area (Å²) in [6.45, 7) is 5.65. The Bertz CT molecular complexity index is 748. The number of hydrogen-bond acceptors (Lipinski definition) is 4. The van der Waals surface area contributed by atoms with E-state index in [0.29, 0.717) is 6.42 Å². The molecule has 124 valence electrons. The van der Waals surface area contributed by atoms with Crippen molar-refractivity contribution in [2.75, 3.05) is 24.5 Å². The molecule has 0 N–H and O–H groups in total. The van der Waals surface area contributed by atoms with Crippen LogP contribution >= 0.6 is 0 Å². The van der Waals surface area contributed by atoms with Crippen molar-refractivity contribution in [3.63, 3.8) is 0 Å². The van der Waals surface area contributed by atoms with E-state index in [1.165, 1.54) is 0 Å². The number of carbonyl (C=O) groups is 1. The fraction of sp³-hybridized carbons (Fsp3) is 0.421. The first-order valence-electron chi connectivity index (χ1n) is 8.50. The van der Waals surface area contributed by atoms with Crippen molar-refractivity contribution < 1.29 is 4.79 Å². The van der Waals surface area contributed by atoms with E-state index >= 15 is 0 Å². The summed E-state index contributed by atoms with van der Waals surface area (Å²) in [6.07, 6.45) is 3.44. The quantitative estimate of drug-likeness (QED) is 0.871. The zero-order chi connectivity index (χ0) is 16.6. The summed E-state index contributed by atoms with van der Waals surface area (Å²) in [5.41, 5.74) is 2.23. The second-order valence-electron chi connectivity index (χ2n) is 7.08. The van der Waals surface area contributed by atoms with Crippen molar-refractivity contribution >= 4 is 11.7 Å². The van der Waals surface area contributed by atoms with Crippen LogP contribution in [0.4, 0.5) is 5.82 Å². The second-order valence-corrected chi connectivity index (χ2v) is 7.08. The van der Waals surface area contributed by atoms with Gasteiger partial charge >= 0.3 is 0 Å². The molecular formula is C19H22N4O. The average Bonchev–Trinajstić information content (AvgIpc) is 3.11. The monoisotopic (exact) mass is 322 g/mol. The maximum absolute atomic E-state index is 12.5. The van der Waals surface area contributed by atoms with Crippen LogP contribution < -0.4 is 4.90 Å². The largest absolute Gasteiger partial charge is 0.297 e. The molecule has 5 heteroatoms. The zero-order valence-corrected chi connectivity index (χ0v) is 14.0. The van der Waals surface area contributed by atoms with E-state index in [9.17, 15) is 4.79 Å². The third-order valence-corrected chi connectivity index (χ3v) is 5.10. The molecule has 0 radical (unpaired) electrons. The smallest absolute Gasteiger partial charge is 0.228 e. The lowest BCUT2D eigenvalue weighted by Gasteiger charge is -2.23. The summed E-state index contributed by atoms with van der Waals surface area (Å²) in [6, 6.07) is 11.9. The number of anilines is 1. The predicted molar refractivity (Wildman–Crippen MR) is 92.5 cm³/mol. The molecule has 2 fully saturated rings. The Labute approximate surface area is 142 Å². The fourth-order valence-corrected chi connectivity index (χ4v) is 3.97. The van der Waals surface area contributed by atoms with Gasteiger partial charge in [-0.05, 0) is 44.2 Å². The van der Waals surface area contributed by atoms with Gasteiger partial charge in [0.05, 0.1) is 5.69 Å². The Morgan fingerprint density at radius 3 is 2.88 bits per heavy atom. The molecule has 0 saturated carbocycles. The summed E-state index contributed by atoms with van der Waals surface area (Å²) in [5, 5.41) is 0. The Morgan fingerprint density at radius 2 is 2.08 bits per heavy atom. The van der Waals surface area contributed by atoms with Gasteiger partial charge in [-0.15, -0.1) is 0 Å². The molecular weight excluding hydrogens is 300 g/mol. The lowest BCUT2D eigenvalue weighted by molar-refractivity contribution is -0.117. The van der Waals surface area contributed by atoms with Gasteiger partial charge in [0, 0.05) is 43.4 Å². The van der Waals surface area contributed by atoms with Gasteiger partial charge in [-0.25, -0.2) is 4.98 Å². The summed E-state index contributed by atoms with van der Waals surface area (Å²) in [4.78, 5) is 25.7. The van der Waals surface area contributed by atoms with E-state index in [0.717, 1.165) is 49.8 Å². The molecule has 4 rings (SSSR count). The Morgan fingerprint density at radius 1 is 1.17 bits per heavy atom. The highest BCUT2D eigenvalue weighted by molar-refractivity contribution is 5.95. The molecule has 2 aromatic rings. The Balaban J connectivity index is 1.45. The molecule has 4 heterocycles. The summed E-state index contributed by atoms with van der Waals surface area (Å²) in [5.74, 6) is 0.974. The van der Waals surface area contributed by atoms with Gasteiger partial charge in [0.2, 0.25) is 5.91 Å². The molecule has 0 unspecified atom stereocenters. The number of amides is 1. The van der Waals surface area contributed by atoms with Gasteiger partial charge in [0.25, 0.3) is 0 Å². The molecule has 1 atom stereocenters. The van der Waals surface area contributed by atoms with E-state index < -0.39 is 0 Å². The van der Waals surface area contributed by atoms with Crippen molar-refractivity contribution in [2.45, 2.75) is 26.3 Å². The van der Waals surface area contributed by atoms with Gasteiger partial charge in [0.1, 0.15) is 5.82 Å².